The highest BCUT2D eigenvalue weighted by atomic mass is 32.2. The molecule has 0 unspecified atom stereocenters. The number of aryl methyl sites for hydroxylation is 2. The molecule has 168 valence electrons. The summed E-state index contributed by atoms with van der Waals surface area (Å²) in [5.74, 6) is 0.216. The van der Waals surface area contributed by atoms with Crippen LogP contribution < -0.4 is 10.6 Å². The number of anilines is 1. The van der Waals surface area contributed by atoms with Crippen molar-refractivity contribution in [2.45, 2.75) is 25.3 Å². The third-order valence-electron chi connectivity index (χ3n) is 5.29. The normalized spacial score (nSPS) is 10.8. The van der Waals surface area contributed by atoms with Gasteiger partial charge in [-0.1, -0.05) is 42.5 Å². The summed E-state index contributed by atoms with van der Waals surface area (Å²) in [5, 5.41) is 7.08. The van der Waals surface area contributed by atoms with Crippen molar-refractivity contribution in [1.82, 2.24) is 9.88 Å². The highest BCUT2D eigenvalue weighted by molar-refractivity contribution is 8.00. The summed E-state index contributed by atoms with van der Waals surface area (Å²) < 4.78 is 2.13. The molecule has 2 N–H and O–H groups in total. The van der Waals surface area contributed by atoms with Gasteiger partial charge >= 0.3 is 0 Å². The van der Waals surface area contributed by atoms with Gasteiger partial charge in [-0.15, -0.1) is 11.8 Å². The van der Waals surface area contributed by atoms with Crippen molar-refractivity contribution in [2.75, 3.05) is 17.6 Å². The number of benzene rings is 3. The van der Waals surface area contributed by atoms with Crippen LogP contribution in [0, 0.1) is 13.8 Å². The van der Waals surface area contributed by atoms with E-state index in [4.69, 9.17) is 0 Å². The van der Waals surface area contributed by atoms with Crippen LogP contribution in [-0.2, 0) is 11.3 Å². The summed E-state index contributed by atoms with van der Waals surface area (Å²) in [6.45, 7) is 5.21. The van der Waals surface area contributed by atoms with Crippen molar-refractivity contribution >= 4 is 40.2 Å². The first-order chi connectivity index (χ1) is 16.0. The van der Waals surface area contributed by atoms with Crippen LogP contribution in [0.1, 0.15) is 21.5 Å². The Morgan fingerprint density at radius 2 is 1.61 bits per heavy atom. The molecule has 0 bridgehead atoms. The minimum Gasteiger partial charge on any atom is -0.350 e. The molecule has 1 aromatic heterocycles. The molecule has 0 aliphatic rings. The van der Waals surface area contributed by atoms with E-state index in [1.165, 1.54) is 11.8 Å². The van der Waals surface area contributed by atoms with Gasteiger partial charge in [0, 0.05) is 46.3 Å². The molecule has 4 aromatic rings. The number of nitrogens with one attached hydrogen (secondary N) is 2. The minimum atomic E-state index is -0.0790. The molecule has 2 amide bonds. The number of fused-ring (bicyclic) bond motifs is 1. The Balaban J connectivity index is 1.39. The number of nitrogens with zero attached hydrogens (tertiary/aromatic N) is 1. The average molecular weight is 458 g/mol. The average Bonchev–Trinajstić information content (AvgIpc) is 3.15. The Morgan fingerprint density at radius 1 is 0.909 bits per heavy atom. The smallest absolute Gasteiger partial charge is 0.251 e. The van der Waals surface area contributed by atoms with Gasteiger partial charge in [-0.2, -0.15) is 0 Å². The van der Waals surface area contributed by atoms with E-state index in [1.54, 1.807) is 12.1 Å². The largest absolute Gasteiger partial charge is 0.350 e. The predicted molar refractivity (Wildman–Crippen MR) is 136 cm³/mol. The highest BCUT2D eigenvalue weighted by Gasteiger charge is 2.12. The second-order valence-corrected chi connectivity index (χ2v) is 9.06. The fraction of sp³-hybridized carbons (Fsp3) is 0.185. The standard InChI is InChI=1S/C27H27N3O2S/c1-19-14-20(2)16-22(15-19)29-26(31)18-33-25-17-30(24-11-7-6-10-23(24)25)13-12-28-27(32)21-8-4-3-5-9-21/h3-11,14-17H,12-13,18H2,1-2H3,(H,28,32)(H,29,31). The number of hydrogen-bond acceptors (Lipinski definition) is 3. The van der Waals surface area contributed by atoms with Crippen LogP contribution in [0.15, 0.2) is 83.9 Å². The molecule has 6 heteroatoms. The molecule has 33 heavy (non-hydrogen) atoms. The minimum absolute atomic E-state index is 0.0306. The summed E-state index contributed by atoms with van der Waals surface area (Å²) in [6.07, 6.45) is 2.06. The zero-order chi connectivity index (χ0) is 23.2. The van der Waals surface area contributed by atoms with Crippen molar-refractivity contribution in [3.63, 3.8) is 0 Å². The van der Waals surface area contributed by atoms with E-state index in [0.717, 1.165) is 32.6 Å². The number of rotatable bonds is 8. The van der Waals surface area contributed by atoms with E-state index in [1.807, 2.05) is 56.3 Å². The first-order valence-corrected chi connectivity index (χ1v) is 11.9. The van der Waals surface area contributed by atoms with Gasteiger partial charge in [0.05, 0.1) is 5.75 Å². The van der Waals surface area contributed by atoms with E-state index in [-0.39, 0.29) is 11.8 Å². The Bertz CT molecular complexity index is 1260. The lowest BCUT2D eigenvalue weighted by Gasteiger charge is -2.08. The number of carbonyl (C=O) groups is 2. The van der Waals surface area contributed by atoms with Gasteiger partial charge in [0.25, 0.3) is 5.91 Å². The van der Waals surface area contributed by atoms with E-state index >= 15 is 0 Å². The molecule has 0 aliphatic heterocycles. The third kappa shape index (κ3) is 5.84. The van der Waals surface area contributed by atoms with Crippen LogP contribution in [0.25, 0.3) is 10.9 Å². The van der Waals surface area contributed by atoms with Crippen LogP contribution >= 0.6 is 11.8 Å². The Hall–Kier alpha value is -3.51. The topological polar surface area (TPSA) is 63.1 Å². The second-order valence-electron chi connectivity index (χ2n) is 8.04. The van der Waals surface area contributed by atoms with Crippen molar-refractivity contribution in [3.8, 4) is 0 Å². The summed E-state index contributed by atoms with van der Waals surface area (Å²) in [6, 6.07) is 23.4. The lowest BCUT2D eigenvalue weighted by Crippen LogP contribution is -2.26. The SMILES string of the molecule is Cc1cc(C)cc(NC(=O)CSc2cn(CCNC(=O)c3ccccc3)c3ccccc23)c1. The molecule has 1 heterocycles. The van der Waals surface area contributed by atoms with Gasteiger partial charge in [-0.05, 0) is 55.3 Å². The second kappa shape index (κ2) is 10.4. The van der Waals surface area contributed by atoms with E-state index in [9.17, 15) is 9.59 Å². The summed E-state index contributed by atoms with van der Waals surface area (Å²) in [4.78, 5) is 25.9. The molecular weight excluding hydrogens is 430 g/mol. The number of hydrogen-bond donors (Lipinski definition) is 2. The fourth-order valence-corrected chi connectivity index (χ4v) is 4.77. The molecule has 5 nitrogen and oxygen atoms in total. The molecule has 0 aliphatic carbocycles. The highest BCUT2D eigenvalue weighted by Crippen LogP contribution is 2.30. The number of para-hydroxylation sites is 1. The Kier molecular flexibility index (Phi) is 7.15. The zero-order valence-corrected chi connectivity index (χ0v) is 19.6. The fourth-order valence-electron chi connectivity index (χ4n) is 3.88. The van der Waals surface area contributed by atoms with Crippen LogP contribution in [0.2, 0.25) is 0 Å². The van der Waals surface area contributed by atoms with Gasteiger partial charge in [0.2, 0.25) is 5.91 Å². The maximum atomic E-state index is 12.5. The molecule has 0 fully saturated rings. The van der Waals surface area contributed by atoms with Gasteiger partial charge < -0.3 is 15.2 Å². The van der Waals surface area contributed by atoms with Crippen LogP contribution in [0.4, 0.5) is 5.69 Å². The van der Waals surface area contributed by atoms with E-state index in [0.29, 0.717) is 24.4 Å². The zero-order valence-electron chi connectivity index (χ0n) is 18.8. The summed E-state index contributed by atoms with van der Waals surface area (Å²) >= 11 is 1.52. The number of aromatic nitrogens is 1. The summed E-state index contributed by atoms with van der Waals surface area (Å²) in [7, 11) is 0. The number of carbonyl (C=O) groups excluding carboxylic acids is 2. The van der Waals surface area contributed by atoms with Gasteiger partial charge in [-0.3, -0.25) is 9.59 Å². The quantitative estimate of drug-likeness (QED) is 0.347. The van der Waals surface area contributed by atoms with Crippen LogP contribution in [0.5, 0.6) is 0 Å². The van der Waals surface area contributed by atoms with E-state index < -0.39 is 0 Å². The van der Waals surface area contributed by atoms with Crippen molar-refractivity contribution in [1.29, 1.82) is 0 Å². The molecular formula is C27H27N3O2S. The Labute approximate surface area is 198 Å². The van der Waals surface area contributed by atoms with Crippen molar-refractivity contribution in [3.05, 3.63) is 95.7 Å². The van der Waals surface area contributed by atoms with Gasteiger partial charge in [-0.25, -0.2) is 0 Å². The number of thioether (sulfide) groups is 1. The maximum Gasteiger partial charge on any atom is 0.251 e. The first-order valence-electron chi connectivity index (χ1n) is 10.9. The molecule has 0 radical (unpaired) electrons. The van der Waals surface area contributed by atoms with Gasteiger partial charge in [0.1, 0.15) is 0 Å². The Morgan fingerprint density at radius 3 is 2.36 bits per heavy atom. The number of amides is 2. The molecule has 0 spiro atoms. The molecule has 0 saturated carbocycles. The van der Waals surface area contributed by atoms with E-state index in [2.05, 4.69) is 39.6 Å². The summed E-state index contributed by atoms with van der Waals surface area (Å²) in [5.41, 5.74) is 4.82. The van der Waals surface area contributed by atoms with Crippen LogP contribution in [-0.4, -0.2) is 28.7 Å². The molecule has 0 saturated heterocycles. The maximum absolute atomic E-state index is 12.5. The lowest BCUT2D eigenvalue weighted by atomic mass is 10.1. The third-order valence-corrected chi connectivity index (χ3v) is 6.33. The molecule has 0 atom stereocenters. The van der Waals surface area contributed by atoms with Crippen molar-refractivity contribution in [2.24, 2.45) is 0 Å². The first kappa shape index (κ1) is 22.7. The lowest BCUT2D eigenvalue weighted by molar-refractivity contribution is -0.113. The predicted octanol–water partition coefficient (Wildman–Crippen LogP) is 5.42. The molecule has 3 aromatic carbocycles. The van der Waals surface area contributed by atoms with Crippen LogP contribution in [0.3, 0.4) is 0 Å². The monoisotopic (exact) mass is 457 g/mol. The van der Waals surface area contributed by atoms with Crippen molar-refractivity contribution < 1.29 is 9.59 Å². The molecule has 4 rings (SSSR count). The van der Waals surface area contributed by atoms with Gasteiger partial charge in [0.15, 0.2) is 0 Å².